The molecule has 3 unspecified atom stereocenters. The van der Waals surface area contributed by atoms with E-state index in [9.17, 15) is 4.79 Å². The fourth-order valence-corrected chi connectivity index (χ4v) is 2.70. The van der Waals surface area contributed by atoms with Crippen molar-refractivity contribution < 1.29 is 9.90 Å². The molecule has 0 radical (unpaired) electrons. The van der Waals surface area contributed by atoms with E-state index in [1.54, 1.807) is 0 Å². The largest absolute Gasteiger partial charge is 0.481 e. The van der Waals surface area contributed by atoms with Crippen LogP contribution in [0.25, 0.3) is 0 Å². The van der Waals surface area contributed by atoms with E-state index in [4.69, 9.17) is 10.8 Å². The van der Waals surface area contributed by atoms with Crippen LogP contribution in [0.2, 0.25) is 0 Å². The number of aliphatic carboxylic acids is 1. The fourth-order valence-electron chi connectivity index (χ4n) is 2.70. The molecule has 0 spiro atoms. The van der Waals surface area contributed by atoms with Crippen molar-refractivity contribution in [3.05, 3.63) is 0 Å². The fraction of sp³-hybridized carbons (Fsp3) is 0.875. The van der Waals surface area contributed by atoms with Gasteiger partial charge in [-0.3, -0.25) is 4.79 Å². The highest BCUT2D eigenvalue weighted by Crippen LogP contribution is 2.47. The molecule has 2 saturated carbocycles. The average Bonchev–Trinajstić information content (AvgIpc) is 2.44. The highest BCUT2D eigenvalue weighted by molar-refractivity contribution is 5.72. The predicted octanol–water partition coefficient (Wildman–Crippen LogP) is 0.444. The van der Waals surface area contributed by atoms with Gasteiger partial charge in [0.15, 0.2) is 0 Å². The Bertz CT molecular complexity index is 191. The zero-order valence-electron chi connectivity index (χ0n) is 6.36. The minimum Gasteiger partial charge on any atom is -0.481 e. The molecule has 3 N–H and O–H groups in total. The van der Waals surface area contributed by atoms with Crippen molar-refractivity contribution in [3.8, 4) is 0 Å². The van der Waals surface area contributed by atoms with E-state index >= 15 is 0 Å². The van der Waals surface area contributed by atoms with Crippen LogP contribution in [-0.2, 0) is 4.79 Å². The zero-order chi connectivity index (χ0) is 8.01. The Morgan fingerprint density at radius 3 is 2.36 bits per heavy atom. The molecule has 0 aromatic heterocycles. The number of fused-ring (bicyclic) bond motifs is 2. The van der Waals surface area contributed by atoms with Crippen molar-refractivity contribution in [2.45, 2.75) is 25.3 Å². The number of hydrogen-bond donors (Lipinski definition) is 2. The Balaban J connectivity index is 2.17. The van der Waals surface area contributed by atoms with Gasteiger partial charge in [-0.15, -0.1) is 0 Å². The third-order valence-corrected chi connectivity index (χ3v) is 3.27. The van der Waals surface area contributed by atoms with Crippen molar-refractivity contribution >= 4 is 5.97 Å². The Morgan fingerprint density at radius 2 is 2.00 bits per heavy atom. The molecule has 2 aliphatic carbocycles. The van der Waals surface area contributed by atoms with Gasteiger partial charge >= 0.3 is 5.97 Å². The van der Waals surface area contributed by atoms with E-state index in [1.165, 1.54) is 0 Å². The minimum atomic E-state index is -0.690. The molecule has 2 aliphatic rings. The van der Waals surface area contributed by atoms with Crippen molar-refractivity contribution in [3.63, 3.8) is 0 Å². The second kappa shape index (κ2) is 2.21. The van der Waals surface area contributed by atoms with Gasteiger partial charge in [0.1, 0.15) is 0 Å². The normalized spacial score (nSPS) is 48.1. The van der Waals surface area contributed by atoms with E-state index in [1.807, 2.05) is 0 Å². The van der Waals surface area contributed by atoms with Crippen molar-refractivity contribution in [1.82, 2.24) is 0 Å². The highest BCUT2D eigenvalue weighted by Gasteiger charge is 2.49. The third-order valence-electron chi connectivity index (χ3n) is 3.27. The lowest BCUT2D eigenvalue weighted by atomic mass is 9.85. The second-order valence-corrected chi connectivity index (χ2v) is 3.77. The highest BCUT2D eigenvalue weighted by atomic mass is 16.4. The number of carbonyl (C=O) groups is 1. The summed E-state index contributed by atoms with van der Waals surface area (Å²) in [4.78, 5) is 10.7. The minimum absolute atomic E-state index is 0.0637. The monoisotopic (exact) mass is 155 g/mol. The van der Waals surface area contributed by atoms with Gasteiger partial charge in [0.25, 0.3) is 0 Å². The van der Waals surface area contributed by atoms with Crippen LogP contribution in [0.5, 0.6) is 0 Å². The standard InChI is InChI=1S/C8H13NO2/c9-7-5-2-1-4(3-5)6(7)8(10)11/h4-7H,1-3,9H2,(H,10,11)/t4?,5?,6-,7?/m1/s1. The molecule has 0 aromatic rings. The van der Waals surface area contributed by atoms with Gasteiger partial charge in [0.05, 0.1) is 5.92 Å². The molecule has 3 heteroatoms. The lowest BCUT2D eigenvalue weighted by Gasteiger charge is -2.23. The van der Waals surface area contributed by atoms with Crippen molar-refractivity contribution in [2.75, 3.05) is 0 Å². The van der Waals surface area contributed by atoms with Gasteiger partial charge < -0.3 is 10.8 Å². The maximum absolute atomic E-state index is 10.7. The Labute approximate surface area is 65.6 Å². The summed E-state index contributed by atoms with van der Waals surface area (Å²) in [5.74, 6) is -0.0490. The molecule has 0 saturated heterocycles. The van der Waals surface area contributed by atoms with Gasteiger partial charge in [-0.05, 0) is 31.1 Å². The summed E-state index contributed by atoms with van der Waals surface area (Å²) in [5, 5.41) is 8.83. The summed E-state index contributed by atoms with van der Waals surface area (Å²) >= 11 is 0. The molecular weight excluding hydrogens is 142 g/mol. The molecule has 0 heterocycles. The van der Waals surface area contributed by atoms with Crippen LogP contribution in [0, 0.1) is 17.8 Å². The molecule has 0 amide bonds. The van der Waals surface area contributed by atoms with E-state index < -0.39 is 5.97 Å². The lowest BCUT2D eigenvalue weighted by molar-refractivity contribution is -0.144. The van der Waals surface area contributed by atoms with Crippen LogP contribution >= 0.6 is 0 Å². The number of carboxylic acid groups (broad SMARTS) is 1. The summed E-state index contributed by atoms with van der Waals surface area (Å²) in [6.07, 6.45) is 3.28. The molecule has 3 nitrogen and oxygen atoms in total. The number of hydrogen-bond acceptors (Lipinski definition) is 2. The van der Waals surface area contributed by atoms with E-state index in [2.05, 4.69) is 0 Å². The average molecular weight is 155 g/mol. The van der Waals surface area contributed by atoms with Gasteiger partial charge in [-0.2, -0.15) is 0 Å². The summed E-state index contributed by atoms with van der Waals surface area (Å²) in [7, 11) is 0. The first-order chi connectivity index (χ1) is 5.20. The van der Waals surface area contributed by atoms with Gasteiger partial charge in [-0.25, -0.2) is 0 Å². The zero-order valence-corrected chi connectivity index (χ0v) is 6.36. The van der Waals surface area contributed by atoms with Crippen molar-refractivity contribution in [2.24, 2.45) is 23.5 Å². The quantitative estimate of drug-likeness (QED) is 0.577. The number of carboxylic acids is 1. The summed E-state index contributed by atoms with van der Waals surface area (Å²) < 4.78 is 0. The third kappa shape index (κ3) is 0.872. The molecule has 2 rings (SSSR count). The maximum atomic E-state index is 10.7. The van der Waals surface area contributed by atoms with E-state index in [0.29, 0.717) is 11.8 Å². The molecule has 2 bridgehead atoms. The van der Waals surface area contributed by atoms with Crippen LogP contribution < -0.4 is 5.73 Å². The van der Waals surface area contributed by atoms with Gasteiger partial charge in [0, 0.05) is 6.04 Å². The van der Waals surface area contributed by atoms with E-state index in [-0.39, 0.29) is 12.0 Å². The Hall–Kier alpha value is -0.570. The van der Waals surface area contributed by atoms with Crippen LogP contribution in [0.1, 0.15) is 19.3 Å². The van der Waals surface area contributed by atoms with Gasteiger partial charge in [-0.1, -0.05) is 0 Å². The maximum Gasteiger partial charge on any atom is 0.308 e. The van der Waals surface area contributed by atoms with Crippen LogP contribution in [0.15, 0.2) is 0 Å². The first kappa shape index (κ1) is 7.10. The lowest BCUT2D eigenvalue weighted by Crippen LogP contribution is -2.40. The number of nitrogens with two attached hydrogens (primary N) is 1. The van der Waals surface area contributed by atoms with Gasteiger partial charge in [0.2, 0.25) is 0 Å². The smallest absolute Gasteiger partial charge is 0.308 e. The summed E-state index contributed by atoms with van der Waals surface area (Å²) in [6, 6.07) is -0.0637. The first-order valence-corrected chi connectivity index (χ1v) is 4.18. The molecule has 2 fully saturated rings. The van der Waals surface area contributed by atoms with Crippen molar-refractivity contribution in [1.29, 1.82) is 0 Å². The second-order valence-electron chi connectivity index (χ2n) is 3.77. The Kier molecular flexibility index (Phi) is 1.42. The topological polar surface area (TPSA) is 63.3 Å². The molecule has 11 heavy (non-hydrogen) atoms. The molecule has 62 valence electrons. The predicted molar refractivity (Wildman–Crippen MR) is 39.9 cm³/mol. The van der Waals surface area contributed by atoms with E-state index in [0.717, 1.165) is 19.3 Å². The van der Waals surface area contributed by atoms with Crippen LogP contribution in [0.4, 0.5) is 0 Å². The SMILES string of the molecule is NC1C2CCC(C2)[C@H]1C(=O)O. The van der Waals surface area contributed by atoms with Crippen LogP contribution in [0.3, 0.4) is 0 Å². The Morgan fingerprint density at radius 1 is 1.36 bits per heavy atom. The number of rotatable bonds is 1. The summed E-state index contributed by atoms with van der Waals surface area (Å²) in [6.45, 7) is 0. The molecule has 4 atom stereocenters. The van der Waals surface area contributed by atoms with Crippen LogP contribution in [-0.4, -0.2) is 17.1 Å². The molecular formula is C8H13NO2. The molecule has 0 aromatic carbocycles. The first-order valence-electron chi connectivity index (χ1n) is 4.18. The molecule has 0 aliphatic heterocycles. The summed E-state index contributed by atoms with van der Waals surface area (Å²) in [5.41, 5.74) is 5.78.